The lowest BCUT2D eigenvalue weighted by atomic mass is 10.1. The van der Waals surface area contributed by atoms with Gasteiger partial charge in [0.15, 0.2) is 5.17 Å². The summed E-state index contributed by atoms with van der Waals surface area (Å²) in [6.45, 7) is 1.01. The van der Waals surface area contributed by atoms with Crippen molar-refractivity contribution >= 4 is 50.9 Å². The molecule has 2 aliphatic heterocycles. The molecule has 1 N–H and O–H groups in total. The number of carbonyl (C=O) groups excluding carboxylic acids is 2. The van der Waals surface area contributed by atoms with Crippen molar-refractivity contribution in [3.8, 4) is 5.75 Å². The average Bonchev–Trinajstić information content (AvgIpc) is 3.21. The second-order valence-electron chi connectivity index (χ2n) is 9.13. The number of hydrogen-bond acceptors (Lipinski definition) is 7. The molecule has 11 heteroatoms. The first kappa shape index (κ1) is 27.0. The number of thioether (sulfide) groups is 1. The van der Waals surface area contributed by atoms with Gasteiger partial charge in [-0.1, -0.05) is 42.1 Å². The molecular formula is C28H28F2N4O4S. The van der Waals surface area contributed by atoms with Gasteiger partial charge >= 0.3 is 6.61 Å². The van der Waals surface area contributed by atoms with Crippen LogP contribution in [0.2, 0.25) is 0 Å². The summed E-state index contributed by atoms with van der Waals surface area (Å²) in [5.74, 6) is -0.422. The molecule has 0 radical (unpaired) electrons. The van der Waals surface area contributed by atoms with E-state index < -0.39 is 11.9 Å². The van der Waals surface area contributed by atoms with E-state index in [1.54, 1.807) is 17.0 Å². The van der Waals surface area contributed by atoms with Crippen molar-refractivity contribution in [1.82, 2.24) is 9.80 Å². The Labute approximate surface area is 229 Å². The molecule has 0 bridgehead atoms. The summed E-state index contributed by atoms with van der Waals surface area (Å²) in [5, 5.41) is 4.83. The number of amidine groups is 1. The Kier molecular flexibility index (Phi) is 8.70. The molecule has 0 aromatic heterocycles. The number of halogens is 2. The number of benzene rings is 3. The summed E-state index contributed by atoms with van der Waals surface area (Å²) in [6.07, 6.45) is -0.00936. The number of nitrogens with one attached hydrogen (secondary N) is 1. The van der Waals surface area contributed by atoms with Crippen LogP contribution in [0.1, 0.15) is 6.42 Å². The quantitative estimate of drug-likeness (QED) is 0.412. The van der Waals surface area contributed by atoms with Gasteiger partial charge in [-0.2, -0.15) is 8.78 Å². The molecule has 0 spiro atoms. The smallest absolute Gasteiger partial charge is 0.387 e. The summed E-state index contributed by atoms with van der Waals surface area (Å²) in [4.78, 5) is 34.8. The Hall–Kier alpha value is -3.54. The third kappa shape index (κ3) is 7.11. The Morgan fingerprint density at radius 3 is 2.54 bits per heavy atom. The first-order valence-corrected chi connectivity index (χ1v) is 13.5. The normalized spacial score (nSPS) is 19.3. The van der Waals surface area contributed by atoms with Crippen LogP contribution in [0.3, 0.4) is 0 Å². The predicted octanol–water partition coefficient (Wildman–Crippen LogP) is 4.73. The van der Waals surface area contributed by atoms with E-state index in [2.05, 4.69) is 19.9 Å². The fourth-order valence-electron chi connectivity index (χ4n) is 4.46. The predicted molar refractivity (Wildman–Crippen MR) is 148 cm³/mol. The highest BCUT2D eigenvalue weighted by atomic mass is 32.2. The number of alkyl halides is 2. The van der Waals surface area contributed by atoms with Crippen LogP contribution in [-0.4, -0.2) is 78.0 Å². The van der Waals surface area contributed by atoms with Crippen LogP contribution in [0.4, 0.5) is 20.2 Å². The second-order valence-corrected chi connectivity index (χ2v) is 10.3. The molecule has 3 aromatic rings. The molecule has 2 heterocycles. The highest BCUT2D eigenvalue weighted by molar-refractivity contribution is 8.15. The molecule has 5 rings (SSSR count). The minimum atomic E-state index is -2.91. The largest absolute Gasteiger partial charge is 0.435 e. The minimum absolute atomic E-state index is 0.00936. The van der Waals surface area contributed by atoms with E-state index in [4.69, 9.17) is 4.74 Å². The highest BCUT2D eigenvalue weighted by Gasteiger charge is 2.39. The Morgan fingerprint density at radius 1 is 1.05 bits per heavy atom. The molecule has 39 heavy (non-hydrogen) atoms. The zero-order valence-corrected chi connectivity index (χ0v) is 21.9. The highest BCUT2D eigenvalue weighted by Crippen LogP contribution is 2.32. The van der Waals surface area contributed by atoms with Crippen LogP contribution in [0, 0.1) is 0 Å². The molecule has 1 unspecified atom stereocenters. The fraction of sp³-hybridized carbons (Fsp3) is 0.321. The van der Waals surface area contributed by atoms with Crippen molar-refractivity contribution in [3.05, 3.63) is 66.7 Å². The topological polar surface area (TPSA) is 83.5 Å². The van der Waals surface area contributed by atoms with Crippen LogP contribution in [0.5, 0.6) is 5.75 Å². The number of nitrogens with zero attached hydrogens (tertiary/aromatic N) is 3. The first-order chi connectivity index (χ1) is 18.9. The van der Waals surface area contributed by atoms with Crippen molar-refractivity contribution < 1.29 is 27.8 Å². The van der Waals surface area contributed by atoms with Gasteiger partial charge in [0.25, 0.3) is 0 Å². The molecule has 2 saturated heterocycles. The Morgan fingerprint density at radius 2 is 1.79 bits per heavy atom. The summed E-state index contributed by atoms with van der Waals surface area (Å²) in [7, 11) is 0. The number of rotatable bonds is 9. The minimum Gasteiger partial charge on any atom is -0.435 e. The molecule has 204 valence electrons. The third-order valence-electron chi connectivity index (χ3n) is 6.45. The average molecular weight is 555 g/mol. The molecule has 3 aromatic carbocycles. The van der Waals surface area contributed by atoms with Gasteiger partial charge in [0, 0.05) is 38.3 Å². The van der Waals surface area contributed by atoms with Crippen LogP contribution in [0.25, 0.3) is 10.8 Å². The van der Waals surface area contributed by atoms with Gasteiger partial charge in [0.05, 0.1) is 18.9 Å². The molecule has 8 nitrogen and oxygen atoms in total. The van der Waals surface area contributed by atoms with E-state index in [1.165, 1.54) is 23.9 Å². The fourth-order valence-corrected chi connectivity index (χ4v) is 5.64. The van der Waals surface area contributed by atoms with Gasteiger partial charge < -0.3 is 14.8 Å². The van der Waals surface area contributed by atoms with Crippen LogP contribution >= 0.6 is 11.8 Å². The number of aliphatic imine (C=N–C) groups is 1. The molecule has 0 aliphatic carbocycles. The number of fused-ring (bicyclic) bond motifs is 1. The third-order valence-corrected chi connectivity index (χ3v) is 7.63. The zero-order valence-electron chi connectivity index (χ0n) is 21.1. The van der Waals surface area contributed by atoms with Crippen molar-refractivity contribution in [2.75, 3.05) is 44.7 Å². The maximum absolute atomic E-state index is 13.4. The number of morpholine rings is 1. The monoisotopic (exact) mass is 554 g/mol. The maximum atomic E-state index is 13.4. The Bertz CT molecular complexity index is 1350. The molecule has 2 aliphatic rings. The van der Waals surface area contributed by atoms with Crippen LogP contribution in [-0.2, 0) is 14.3 Å². The summed E-state index contributed by atoms with van der Waals surface area (Å²) >= 11 is 1.24. The van der Waals surface area contributed by atoms with E-state index in [0.717, 1.165) is 23.9 Å². The van der Waals surface area contributed by atoms with Gasteiger partial charge in [0.1, 0.15) is 11.0 Å². The maximum Gasteiger partial charge on any atom is 0.387 e. The number of anilines is 1. The lowest BCUT2D eigenvalue weighted by Gasteiger charge is -2.28. The van der Waals surface area contributed by atoms with E-state index >= 15 is 0 Å². The van der Waals surface area contributed by atoms with Gasteiger partial charge in [-0.15, -0.1) is 0 Å². The number of hydrogen-bond donors (Lipinski definition) is 1. The first-order valence-electron chi connectivity index (χ1n) is 12.6. The number of carbonyl (C=O) groups is 2. The Balaban J connectivity index is 1.29. The zero-order chi connectivity index (χ0) is 27.2. The molecular weight excluding hydrogens is 526 g/mol. The lowest BCUT2D eigenvalue weighted by molar-refractivity contribution is -0.128. The van der Waals surface area contributed by atoms with E-state index in [0.29, 0.717) is 42.8 Å². The van der Waals surface area contributed by atoms with E-state index in [-0.39, 0.29) is 24.0 Å². The van der Waals surface area contributed by atoms with Crippen molar-refractivity contribution in [2.45, 2.75) is 18.3 Å². The van der Waals surface area contributed by atoms with Crippen LogP contribution in [0.15, 0.2) is 71.7 Å². The summed E-state index contributed by atoms with van der Waals surface area (Å²) in [6, 6.07) is 19.5. The van der Waals surface area contributed by atoms with E-state index in [1.807, 2.05) is 42.5 Å². The number of amides is 2. The standard InChI is InChI=1S/C28H28F2N4O4S/c29-27(30)38-23-9-7-21(8-10-23)32-28-34(12-11-33-13-15-37-16-14-33)26(36)24(39-28)18-25(35)31-22-6-5-19-3-1-2-4-20(19)17-22/h1-10,17,24,27H,11-16,18H2,(H,31,35). The number of ether oxygens (including phenoxy) is 2. The summed E-state index contributed by atoms with van der Waals surface area (Å²) < 4.78 is 34.8. The van der Waals surface area contributed by atoms with E-state index in [9.17, 15) is 18.4 Å². The van der Waals surface area contributed by atoms with Gasteiger partial charge in [-0.25, -0.2) is 4.99 Å². The SMILES string of the molecule is O=C(CC1SC(=Nc2ccc(OC(F)F)cc2)N(CCN2CCOCC2)C1=O)Nc1ccc2ccccc2c1. The van der Waals surface area contributed by atoms with Crippen LogP contribution < -0.4 is 10.1 Å². The molecule has 2 fully saturated rings. The second kappa shape index (κ2) is 12.5. The lowest BCUT2D eigenvalue weighted by Crippen LogP contribution is -2.43. The summed E-state index contributed by atoms with van der Waals surface area (Å²) in [5.41, 5.74) is 1.16. The molecule has 0 saturated carbocycles. The van der Waals surface area contributed by atoms with Gasteiger partial charge in [-0.05, 0) is 47.2 Å². The van der Waals surface area contributed by atoms with Crippen molar-refractivity contribution in [2.24, 2.45) is 4.99 Å². The van der Waals surface area contributed by atoms with Gasteiger partial charge in [-0.3, -0.25) is 19.4 Å². The van der Waals surface area contributed by atoms with Gasteiger partial charge in [0.2, 0.25) is 11.8 Å². The molecule has 2 amide bonds. The molecule has 1 atom stereocenters. The van der Waals surface area contributed by atoms with Crippen molar-refractivity contribution in [3.63, 3.8) is 0 Å². The van der Waals surface area contributed by atoms with Crippen molar-refractivity contribution in [1.29, 1.82) is 0 Å².